The Morgan fingerprint density at radius 1 is 1.14 bits per heavy atom. The van der Waals surface area contributed by atoms with Crippen LogP contribution in [-0.4, -0.2) is 32.4 Å². The van der Waals surface area contributed by atoms with Gasteiger partial charge in [-0.1, -0.05) is 19.1 Å². The lowest BCUT2D eigenvalue weighted by Crippen LogP contribution is -2.24. The first kappa shape index (κ1) is 18.7. The molecule has 1 aliphatic rings. The zero-order valence-corrected chi connectivity index (χ0v) is 17.0. The summed E-state index contributed by atoms with van der Waals surface area (Å²) in [5.74, 6) is 1.01. The molecule has 0 aliphatic carbocycles. The molecule has 1 aliphatic heterocycles. The molecule has 28 heavy (non-hydrogen) atoms. The van der Waals surface area contributed by atoms with Gasteiger partial charge in [-0.3, -0.25) is 4.31 Å². The Labute approximate surface area is 165 Å². The molecule has 1 saturated heterocycles. The number of anilines is 2. The van der Waals surface area contributed by atoms with Gasteiger partial charge in [0, 0.05) is 30.1 Å². The van der Waals surface area contributed by atoms with E-state index in [0.29, 0.717) is 18.7 Å². The fraction of sp³-hybridized carbons (Fsp3) is 0.333. The molecule has 0 spiro atoms. The first-order chi connectivity index (χ1) is 13.5. The van der Waals surface area contributed by atoms with Crippen LogP contribution < -0.4 is 14.8 Å². The van der Waals surface area contributed by atoms with Crippen molar-refractivity contribution in [2.45, 2.75) is 26.3 Å². The van der Waals surface area contributed by atoms with Crippen LogP contribution in [0.5, 0.6) is 5.75 Å². The van der Waals surface area contributed by atoms with E-state index in [1.165, 1.54) is 4.31 Å². The highest BCUT2D eigenvalue weighted by Gasteiger charge is 2.28. The van der Waals surface area contributed by atoms with E-state index in [0.717, 1.165) is 46.6 Å². The summed E-state index contributed by atoms with van der Waals surface area (Å²) in [5.41, 5.74) is 10.9. The summed E-state index contributed by atoms with van der Waals surface area (Å²) in [4.78, 5) is 0. The molecule has 0 unspecified atom stereocenters. The van der Waals surface area contributed by atoms with Crippen LogP contribution in [0.15, 0.2) is 42.5 Å². The standard InChI is InChI=1S/C21H25N3O3S/c1-3-11-23-19-14-17(27-2)9-10-18(19)20(22)21(23)15-5-7-16(8-6-15)24-12-4-13-28(24,25)26/h5-10,14H,3-4,11-13,22H2,1-2H3. The van der Waals surface area contributed by atoms with Crippen LogP contribution in [0.2, 0.25) is 0 Å². The first-order valence-electron chi connectivity index (χ1n) is 9.53. The smallest absolute Gasteiger partial charge is 0.235 e. The number of nitrogens with two attached hydrogens (primary N) is 1. The molecule has 0 saturated carbocycles. The Hall–Kier alpha value is -2.67. The minimum Gasteiger partial charge on any atom is -0.497 e. The number of rotatable bonds is 5. The van der Waals surface area contributed by atoms with Gasteiger partial charge in [0.2, 0.25) is 10.0 Å². The van der Waals surface area contributed by atoms with Crippen LogP contribution in [0.3, 0.4) is 0 Å². The Morgan fingerprint density at radius 2 is 1.89 bits per heavy atom. The molecule has 7 heteroatoms. The van der Waals surface area contributed by atoms with Crippen molar-refractivity contribution >= 4 is 32.3 Å². The van der Waals surface area contributed by atoms with Gasteiger partial charge in [0.1, 0.15) is 5.75 Å². The van der Waals surface area contributed by atoms with Gasteiger partial charge < -0.3 is 15.0 Å². The number of nitrogen functional groups attached to an aromatic ring is 1. The molecule has 1 fully saturated rings. The summed E-state index contributed by atoms with van der Waals surface area (Å²) in [5, 5.41) is 0.996. The zero-order valence-electron chi connectivity index (χ0n) is 16.2. The quantitative estimate of drug-likeness (QED) is 0.707. The molecule has 6 nitrogen and oxygen atoms in total. The largest absolute Gasteiger partial charge is 0.497 e. The molecular formula is C21H25N3O3S. The van der Waals surface area contributed by atoms with Crippen molar-refractivity contribution in [3.63, 3.8) is 0 Å². The number of hydrogen-bond acceptors (Lipinski definition) is 4. The first-order valence-corrected chi connectivity index (χ1v) is 11.1. The average Bonchev–Trinajstić information content (AvgIpc) is 3.18. The van der Waals surface area contributed by atoms with Crippen molar-refractivity contribution < 1.29 is 13.2 Å². The number of hydrogen-bond donors (Lipinski definition) is 1. The molecule has 2 N–H and O–H groups in total. The predicted molar refractivity (Wildman–Crippen MR) is 114 cm³/mol. The molecule has 148 valence electrons. The Morgan fingerprint density at radius 3 is 2.50 bits per heavy atom. The predicted octanol–water partition coefficient (Wildman–Crippen LogP) is 3.85. The van der Waals surface area contributed by atoms with Gasteiger partial charge in [0.25, 0.3) is 0 Å². The molecule has 0 amide bonds. The fourth-order valence-electron chi connectivity index (χ4n) is 3.97. The van der Waals surface area contributed by atoms with Gasteiger partial charge in [-0.25, -0.2) is 8.42 Å². The second-order valence-electron chi connectivity index (χ2n) is 7.09. The van der Waals surface area contributed by atoms with Crippen LogP contribution in [0.4, 0.5) is 11.4 Å². The van der Waals surface area contributed by atoms with Gasteiger partial charge in [-0.05, 0) is 37.1 Å². The van der Waals surface area contributed by atoms with Crippen molar-refractivity contribution in [3.05, 3.63) is 42.5 Å². The van der Waals surface area contributed by atoms with E-state index in [4.69, 9.17) is 10.5 Å². The van der Waals surface area contributed by atoms with Crippen molar-refractivity contribution in [1.82, 2.24) is 4.57 Å². The monoisotopic (exact) mass is 399 g/mol. The summed E-state index contributed by atoms with van der Waals surface area (Å²) in [6.07, 6.45) is 1.64. The number of nitrogens with zero attached hydrogens (tertiary/aromatic N) is 2. The highest BCUT2D eigenvalue weighted by Crippen LogP contribution is 2.38. The molecule has 2 heterocycles. The number of ether oxygens (including phenoxy) is 1. The van der Waals surface area contributed by atoms with E-state index in [-0.39, 0.29) is 5.75 Å². The molecule has 0 radical (unpaired) electrons. The van der Waals surface area contributed by atoms with E-state index in [1.54, 1.807) is 7.11 Å². The third-order valence-electron chi connectivity index (χ3n) is 5.29. The fourth-order valence-corrected chi connectivity index (χ4v) is 5.53. The van der Waals surface area contributed by atoms with E-state index >= 15 is 0 Å². The van der Waals surface area contributed by atoms with Crippen molar-refractivity contribution in [1.29, 1.82) is 0 Å². The third kappa shape index (κ3) is 2.99. The second kappa shape index (κ2) is 7.05. The Balaban J connectivity index is 1.82. The van der Waals surface area contributed by atoms with Gasteiger partial charge in [-0.15, -0.1) is 0 Å². The SMILES string of the molecule is CCCn1c(-c2ccc(N3CCCS3(=O)=O)cc2)c(N)c2ccc(OC)cc21. The maximum absolute atomic E-state index is 12.2. The van der Waals surface area contributed by atoms with Crippen molar-refractivity contribution in [3.8, 4) is 17.0 Å². The van der Waals surface area contributed by atoms with Crippen LogP contribution in [0.25, 0.3) is 22.2 Å². The minimum absolute atomic E-state index is 0.217. The maximum Gasteiger partial charge on any atom is 0.235 e. The van der Waals surface area contributed by atoms with E-state index in [1.807, 2.05) is 42.5 Å². The molecule has 0 atom stereocenters. The highest BCUT2D eigenvalue weighted by atomic mass is 32.2. The molecule has 3 aromatic rings. The summed E-state index contributed by atoms with van der Waals surface area (Å²) in [6, 6.07) is 13.6. The second-order valence-corrected chi connectivity index (χ2v) is 9.10. The lowest BCUT2D eigenvalue weighted by Gasteiger charge is -2.17. The number of methoxy groups -OCH3 is 1. The summed E-state index contributed by atoms with van der Waals surface area (Å²) < 4.78 is 33.5. The van der Waals surface area contributed by atoms with Crippen LogP contribution in [-0.2, 0) is 16.6 Å². The number of benzene rings is 2. The molecule has 1 aromatic heterocycles. The van der Waals surface area contributed by atoms with E-state index in [2.05, 4.69) is 11.5 Å². The molecular weight excluding hydrogens is 374 g/mol. The van der Waals surface area contributed by atoms with Crippen molar-refractivity contribution in [2.75, 3.05) is 29.4 Å². The van der Waals surface area contributed by atoms with Gasteiger partial charge in [0.05, 0.1) is 35.4 Å². The number of fused-ring (bicyclic) bond motifs is 1. The normalized spacial score (nSPS) is 16.0. The molecule has 2 aromatic carbocycles. The van der Waals surface area contributed by atoms with Gasteiger partial charge in [0.15, 0.2) is 0 Å². The zero-order chi connectivity index (χ0) is 19.9. The topological polar surface area (TPSA) is 77.6 Å². The number of sulfonamides is 1. The lowest BCUT2D eigenvalue weighted by atomic mass is 10.1. The number of aromatic nitrogens is 1. The Kier molecular flexibility index (Phi) is 4.71. The van der Waals surface area contributed by atoms with Crippen LogP contribution in [0.1, 0.15) is 19.8 Å². The van der Waals surface area contributed by atoms with Gasteiger partial charge in [-0.2, -0.15) is 0 Å². The third-order valence-corrected chi connectivity index (χ3v) is 7.16. The molecule has 0 bridgehead atoms. The summed E-state index contributed by atoms with van der Waals surface area (Å²) in [6.45, 7) is 3.51. The summed E-state index contributed by atoms with van der Waals surface area (Å²) in [7, 11) is -1.52. The van der Waals surface area contributed by atoms with Crippen molar-refractivity contribution in [2.24, 2.45) is 0 Å². The maximum atomic E-state index is 12.2. The van der Waals surface area contributed by atoms with Crippen LogP contribution >= 0.6 is 0 Å². The summed E-state index contributed by atoms with van der Waals surface area (Å²) >= 11 is 0. The Bertz CT molecular complexity index is 1120. The van der Waals surface area contributed by atoms with Gasteiger partial charge >= 0.3 is 0 Å². The highest BCUT2D eigenvalue weighted by molar-refractivity contribution is 7.93. The number of aryl methyl sites for hydroxylation is 1. The molecule has 4 rings (SSSR count). The minimum atomic E-state index is -3.18. The lowest BCUT2D eigenvalue weighted by molar-refractivity contribution is 0.415. The van der Waals surface area contributed by atoms with Crippen LogP contribution in [0, 0.1) is 0 Å². The van der Waals surface area contributed by atoms with E-state index in [9.17, 15) is 8.42 Å². The van der Waals surface area contributed by atoms with E-state index < -0.39 is 10.0 Å². The average molecular weight is 400 g/mol.